The first-order chi connectivity index (χ1) is 14.1. The maximum Gasteiger partial charge on any atom is 0.238 e. The van der Waals surface area contributed by atoms with Gasteiger partial charge in [-0.3, -0.25) is 9.69 Å². The molecule has 6 nitrogen and oxygen atoms in total. The molecule has 2 aromatic carbocycles. The van der Waals surface area contributed by atoms with Crippen LogP contribution in [0, 0.1) is 13.8 Å². The zero-order chi connectivity index (χ0) is 20.2. The van der Waals surface area contributed by atoms with Crippen molar-refractivity contribution in [3.63, 3.8) is 0 Å². The van der Waals surface area contributed by atoms with E-state index in [1.165, 1.54) is 0 Å². The molecule has 1 saturated heterocycles. The van der Waals surface area contributed by atoms with Crippen molar-refractivity contribution in [2.75, 3.05) is 25.0 Å². The number of anilines is 1. The van der Waals surface area contributed by atoms with Crippen LogP contribution in [0.1, 0.15) is 35.8 Å². The van der Waals surface area contributed by atoms with Gasteiger partial charge in [0.15, 0.2) is 0 Å². The van der Waals surface area contributed by atoms with E-state index in [0.717, 1.165) is 48.3 Å². The summed E-state index contributed by atoms with van der Waals surface area (Å²) in [6.07, 6.45) is 1.82. The lowest BCUT2D eigenvalue weighted by atomic mass is 9.97. The summed E-state index contributed by atoms with van der Waals surface area (Å²) >= 11 is 0. The number of amides is 1. The molecule has 1 aliphatic heterocycles. The van der Waals surface area contributed by atoms with Crippen LogP contribution in [0.25, 0.3) is 11.4 Å². The van der Waals surface area contributed by atoms with Crippen LogP contribution in [-0.2, 0) is 4.79 Å². The zero-order valence-electron chi connectivity index (χ0n) is 16.9. The lowest BCUT2D eigenvalue weighted by Crippen LogP contribution is -2.38. The normalized spacial score (nSPS) is 15.4. The highest BCUT2D eigenvalue weighted by Gasteiger charge is 2.26. The maximum atomic E-state index is 12.5. The molecule has 6 heteroatoms. The standard InChI is InChI=1S/C23H26N4O2/c1-16-8-9-17(2)20(14-16)24-21(28)15-27-12-10-19(11-13-27)23-25-22(26-29-23)18-6-4-3-5-7-18/h3-9,14,19H,10-13,15H2,1-2H3,(H,24,28). The second-order valence-corrected chi connectivity index (χ2v) is 7.74. The highest BCUT2D eigenvalue weighted by atomic mass is 16.5. The summed E-state index contributed by atoms with van der Waals surface area (Å²) in [7, 11) is 0. The van der Waals surface area contributed by atoms with Crippen molar-refractivity contribution < 1.29 is 9.32 Å². The number of carbonyl (C=O) groups excluding carboxylic acids is 1. The molecule has 0 saturated carbocycles. The van der Waals surface area contributed by atoms with Crippen molar-refractivity contribution in [1.82, 2.24) is 15.0 Å². The van der Waals surface area contributed by atoms with Gasteiger partial charge in [0.2, 0.25) is 17.6 Å². The Morgan fingerprint density at radius 1 is 1.14 bits per heavy atom. The van der Waals surface area contributed by atoms with Gasteiger partial charge in [-0.25, -0.2) is 0 Å². The summed E-state index contributed by atoms with van der Waals surface area (Å²) in [6, 6.07) is 16.0. The summed E-state index contributed by atoms with van der Waals surface area (Å²) in [5, 5.41) is 7.17. The summed E-state index contributed by atoms with van der Waals surface area (Å²) in [6.45, 7) is 6.12. The first kappa shape index (κ1) is 19.3. The average molecular weight is 390 g/mol. The summed E-state index contributed by atoms with van der Waals surface area (Å²) in [4.78, 5) is 19.2. The highest BCUT2D eigenvalue weighted by Crippen LogP contribution is 2.28. The Labute approximate surface area is 170 Å². The Hall–Kier alpha value is -2.99. The van der Waals surface area contributed by atoms with Gasteiger partial charge in [-0.1, -0.05) is 47.6 Å². The van der Waals surface area contributed by atoms with E-state index in [9.17, 15) is 4.79 Å². The number of benzene rings is 2. The predicted molar refractivity (Wildman–Crippen MR) is 113 cm³/mol. The Balaban J connectivity index is 1.30. The number of rotatable bonds is 5. The zero-order valence-corrected chi connectivity index (χ0v) is 16.9. The largest absolute Gasteiger partial charge is 0.339 e. The second-order valence-electron chi connectivity index (χ2n) is 7.74. The number of piperidine rings is 1. The molecule has 3 aromatic rings. The first-order valence-electron chi connectivity index (χ1n) is 10.1. The second kappa shape index (κ2) is 8.57. The van der Waals surface area contributed by atoms with E-state index in [1.54, 1.807) is 0 Å². The fourth-order valence-electron chi connectivity index (χ4n) is 3.71. The fraction of sp³-hybridized carbons (Fsp3) is 0.348. The molecule has 0 radical (unpaired) electrons. The van der Waals surface area contributed by atoms with E-state index in [-0.39, 0.29) is 11.8 Å². The number of hydrogen-bond donors (Lipinski definition) is 1. The molecule has 1 aliphatic rings. The minimum absolute atomic E-state index is 0.0290. The Kier molecular flexibility index (Phi) is 5.71. The van der Waals surface area contributed by atoms with Gasteiger partial charge in [0.05, 0.1) is 6.54 Å². The van der Waals surface area contributed by atoms with Gasteiger partial charge in [0, 0.05) is 17.2 Å². The topological polar surface area (TPSA) is 71.3 Å². The Morgan fingerprint density at radius 2 is 1.90 bits per heavy atom. The molecule has 0 atom stereocenters. The van der Waals surface area contributed by atoms with Crippen LogP contribution < -0.4 is 5.32 Å². The van der Waals surface area contributed by atoms with Gasteiger partial charge >= 0.3 is 0 Å². The van der Waals surface area contributed by atoms with E-state index in [0.29, 0.717) is 18.3 Å². The van der Waals surface area contributed by atoms with E-state index in [4.69, 9.17) is 4.52 Å². The van der Waals surface area contributed by atoms with E-state index >= 15 is 0 Å². The number of carbonyl (C=O) groups is 1. The third-order valence-corrected chi connectivity index (χ3v) is 5.44. The number of nitrogens with zero attached hydrogens (tertiary/aromatic N) is 3. The average Bonchev–Trinajstić information content (AvgIpc) is 3.22. The Morgan fingerprint density at radius 3 is 2.66 bits per heavy atom. The number of nitrogens with one attached hydrogen (secondary N) is 1. The van der Waals surface area contributed by atoms with Gasteiger partial charge in [0.25, 0.3) is 0 Å². The number of hydrogen-bond acceptors (Lipinski definition) is 5. The van der Waals surface area contributed by atoms with Gasteiger partial charge in [-0.05, 0) is 57.0 Å². The Bertz CT molecular complexity index is 976. The third kappa shape index (κ3) is 4.71. The molecule has 0 unspecified atom stereocenters. The fourth-order valence-corrected chi connectivity index (χ4v) is 3.71. The first-order valence-corrected chi connectivity index (χ1v) is 10.1. The van der Waals surface area contributed by atoms with Crippen LogP contribution in [0.4, 0.5) is 5.69 Å². The van der Waals surface area contributed by atoms with Crippen molar-refractivity contribution in [3.8, 4) is 11.4 Å². The van der Waals surface area contributed by atoms with Gasteiger partial charge in [0.1, 0.15) is 0 Å². The lowest BCUT2D eigenvalue weighted by molar-refractivity contribution is -0.117. The highest BCUT2D eigenvalue weighted by molar-refractivity contribution is 5.93. The quantitative estimate of drug-likeness (QED) is 0.708. The molecule has 0 bridgehead atoms. The SMILES string of the molecule is Cc1ccc(C)c(NC(=O)CN2CCC(c3nc(-c4ccccc4)no3)CC2)c1. The van der Waals surface area contributed by atoms with Gasteiger partial charge in [-0.2, -0.15) is 4.98 Å². The van der Waals surface area contributed by atoms with Crippen LogP contribution in [0.15, 0.2) is 53.1 Å². The molecule has 150 valence electrons. The molecule has 1 amide bonds. The number of aromatic nitrogens is 2. The van der Waals surface area contributed by atoms with E-state index < -0.39 is 0 Å². The van der Waals surface area contributed by atoms with Crippen molar-refractivity contribution in [3.05, 3.63) is 65.5 Å². The molecule has 0 aliphatic carbocycles. The molecule has 4 rings (SSSR count). The molecular formula is C23H26N4O2. The van der Waals surface area contributed by atoms with Gasteiger partial charge < -0.3 is 9.84 Å². The molecule has 1 N–H and O–H groups in total. The third-order valence-electron chi connectivity index (χ3n) is 5.44. The minimum Gasteiger partial charge on any atom is -0.339 e. The van der Waals surface area contributed by atoms with E-state index in [2.05, 4.69) is 26.4 Å². The maximum absolute atomic E-state index is 12.5. The summed E-state index contributed by atoms with van der Waals surface area (Å²) in [5.74, 6) is 1.61. The van der Waals surface area contributed by atoms with Crippen molar-refractivity contribution in [1.29, 1.82) is 0 Å². The predicted octanol–water partition coefficient (Wildman–Crippen LogP) is 4.17. The number of aryl methyl sites for hydroxylation is 2. The molecule has 2 heterocycles. The smallest absolute Gasteiger partial charge is 0.238 e. The minimum atomic E-state index is 0.0290. The molecule has 29 heavy (non-hydrogen) atoms. The van der Waals surface area contributed by atoms with Crippen molar-refractivity contribution >= 4 is 11.6 Å². The van der Waals surface area contributed by atoms with Gasteiger partial charge in [-0.15, -0.1) is 0 Å². The van der Waals surface area contributed by atoms with Crippen LogP contribution >= 0.6 is 0 Å². The van der Waals surface area contributed by atoms with Crippen LogP contribution in [0.5, 0.6) is 0 Å². The monoisotopic (exact) mass is 390 g/mol. The lowest BCUT2D eigenvalue weighted by Gasteiger charge is -2.29. The van der Waals surface area contributed by atoms with Crippen LogP contribution in [-0.4, -0.2) is 40.6 Å². The molecule has 0 spiro atoms. The summed E-state index contributed by atoms with van der Waals surface area (Å²) < 4.78 is 5.52. The van der Waals surface area contributed by atoms with Crippen LogP contribution in [0.2, 0.25) is 0 Å². The summed E-state index contributed by atoms with van der Waals surface area (Å²) in [5.41, 5.74) is 4.07. The molecule has 1 aromatic heterocycles. The van der Waals surface area contributed by atoms with Crippen molar-refractivity contribution in [2.45, 2.75) is 32.6 Å². The van der Waals surface area contributed by atoms with E-state index in [1.807, 2.05) is 56.3 Å². The molecular weight excluding hydrogens is 364 g/mol. The van der Waals surface area contributed by atoms with Crippen molar-refractivity contribution in [2.24, 2.45) is 0 Å². The molecule has 1 fully saturated rings. The van der Waals surface area contributed by atoms with Crippen LogP contribution in [0.3, 0.4) is 0 Å². The number of likely N-dealkylation sites (tertiary alicyclic amines) is 1.